The van der Waals surface area contributed by atoms with Gasteiger partial charge in [0, 0.05) is 25.7 Å². The van der Waals surface area contributed by atoms with Crippen molar-refractivity contribution < 1.29 is 9.90 Å². The van der Waals surface area contributed by atoms with Gasteiger partial charge in [-0.1, -0.05) is 27.2 Å². The molecule has 0 bridgehead atoms. The van der Waals surface area contributed by atoms with Crippen molar-refractivity contribution in [2.24, 2.45) is 11.8 Å². The number of hydrogen-bond donors (Lipinski definition) is 3. The first-order valence-electron chi connectivity index (χ1n) is 8.40. The first-order valence-corrected chi connectivity index (χ1v) is 8.40. The summed E-state index contributed by atoms with van der Waals surface area (Å²) in [5, 5.41) is 14.9. The smallest absolute Gasteiger partial charge is 0.315 e. The number of carbonyl (C=O) groups is 1. The zero-order chi connectivity index (χ0) is 15.7. The molecular weight excluding hydrogens is 266 g/mol. The Morgan fingerprint density at radius 1 is 1.19 bits per heavy atom. The summed E-state index contributed by atoms with van der Waals surface area (Å²) in [5.74, 6) is 0.790. The summed E-state index contributed by atoms with van der Waals surface area (Å²) in [7, 11) is 0. The van der Waals surface area contributed by atoms with Gasteiger partial charge < -0.3 is 20.6 Å². The molecule has 1 aliphatic rings. The Labute approximate surface area is 129 Å². The van der Waals surface area contributed by atoms with Crippen LogP contribution in [0.2, 0.25) is 0 Å². The number of carbonyl (C=O) groups excluding carboxylic acids is 1. The van der Waals surface area contributed by atoms with Gasteiger partial charge in [0.1, 0.15) is 0 Å². The molecular formula is C16H33N3O2. The second kappa shape index (κ2) is 10.0. The predicted octanol–water partition coefficient (Wildman–Crippen LogP) is 1.81. The van der Waals surface area contributed by atoms with Crippen molar-refractivity contribution in [2.45, 2.75) is 52.5 Å². The average Bonchev–Trinajstić information content (AvgIpc) is 2.45. The molecule has 3 N–H and O–H groups in total. The van der Waals surface area contributed by atoms with E-state index in [4.69, 9.17) is 5.11 Å². The number of aliphatic hydroxyl groups excluding tert-OH is 1. The molecule has 0 aromatic carbocycles. The lowest BCUT2D eigenvalue weighted by Crippen LogP contribution is -2.47. The summed E-state index contributed by atoms with van der Waals surface area (Å²) >= 11 is 0. The quantitative estimate of drug-likeness (QED) is 0.640. The van der Waals surface area contributed by atoms with E-state index in [1.807, 2.05) is 0 Å². The highest BCUT2D eigenvalue weighted by atomic mass is 16.3. The molecule has 2 amide bonds. The average molecular weight is 299 g/mol. The van der Waals surface area contributed by atoms with Crippen LogP contribution in [-0.4, -0.2) is 54.9 Å². The normalized spacial score (nSPS) is 19.3. The molecule has 1 saturated heterocycles. The highest BCUT2D eigenvalue weighted by molar-refractivity contribution is 5.74. The van der Waals surface area contributed by atoms with Crippen LogP contribution < -0.4 is 10.6 Å². The fourth-order valence-corrected chi connectivity index (χ4v) is 2.84. The van der Waals surface area contributed by atoms with Crippen LogP contribution in [0.15, 0.2) is 0 Å². The van der Waals surface area contributed by atoms with Crippen molar-refractivity contribution in [3.05, 3.63) is 0 Å². The number of rotatable bonds is 8. The number of likely N-dealkylation sites (tertiary alicyclic amines) is 1. The number of nitrogens with one attached hydrogen (secondary N) is 2. The van der Waals surface area contributed by atoms with Crippen LogP contribution in [0.25, 0.3) is 0 Å². The molecule has 0 aliphatic carbocycles. The summed E-state index contributed by atoms with van der Waals surface area (Å²) < 4.78 is 0. The van der Waals surface area contributed by atoms with Gasteiger partial charge in [0.2, 0.25) is 0 Å². The summed E-state index contributed by atoms with van der Waals surface area (Å²) in [4.78, 5) is 14.4. The Balaban J connectivity index is 2.21. The maximum Gasteiger partial charge on any atom is 0.315 e. The monoisotopic (exact) mass is 299 g/mol. The van der Waals surface area contributed by atoms with E-state index >= 15 is 0 Å². The number of urea groups is 1. The van der Waals surface area contributed by atoms with E-state index in [1.165, 1.54) is 32.4 Å². The van der Waals surface area contributed by atoms with Crippen LogP contribution in [0, 0.1) is 11.8 Å². The van der Waals surface area contributed by atoms with Crippen molar-refractivity contribution in [3.8, 4) is 0 Å². The van der Waals surface area contributed by atoms with Crippen molar-refractivity contribution in [2.75, 3.05) is 32.8 Å². The second-order valence-electron chi connectivity index (χ2n) is 6.68. The number of piperidine rings is 1. The SMILES string of the molecule is CC(CNC(=O)NC(CCO)C(C)C)CN1CCCCC1. The molecule has 5 heteroatoms. The van der Waals surface area contributed by atoms with Crippen LogP contribution in [0.1, 0.15) is 46.5 Å². The third-order valence-electron chi connectivity index (χ3n) is 4.19. The zero-order valence-electron chi connectivity index (χ0n) is 13.9. The fourth-order valence-electron chi connectivity index (χ4n) is 2.84. The molecule has 2 unspecified atom stereocenters. The van der Waals surface area contributed by atoms with Crippen LogP contribution in [-0.2, 0) is 0 Å². The Morgan fingerprint density at radius 2 is 1.86 bits per heavy atom. The summed E-state index contributed by atoms with van der Waals surface area (Å²) in [6.07, 6.45) is 4.57. The van der Waals surface area contributed by atoms with Gasteiger partial charge in [-0.05, 0) is 44.2 Å². The standard InChI is InChI=1S/C16H33N3O2/c1-13(2)15(7-10-20)18-16(21)17-11-14(3)12-19-8-5-4-6-9-19/h13-15,20H,4-12H2,1-3H3,(H2,17,18,21). The minimum atomic E-state index is -0.118. The number of amides is 2. The lowest BCUT2D eigenvalue weighted by molar-refractivity contribution is 0.195. The van der Waals surface area contributed by atoms with E-state index in [1.54, 1.807) is 0 Å². The highest BCUT2D eigenvalue weighted by Crippen LogP contribution is 2.10. The van der Waals surface area contributed by atoms with Gasteiger partial charge in [-0.15, -0.1) is 0 Å². The van der Waals surface area contributed by atoms with Crippen LogP contribution in [0.3, 0.4) is 0 Å². The highest BCUT2D eigenvalue weighted by Gasteiger charge is 2.17. The van der Waals surface area contributed by atoms with Gasteiger partial charge in [-0.25, -0.2) is 4.79 Å². The molecule has 0 spiro atoms. The van der Waals surface area contributed by atoms with Gasteiger partial charge in [0.25, 0.3) is 0 Å². The molecule has 1 fully saturated rings. The van der Waals surface area contributed by atoms with Gasteiger partial charge in [0.15, 0.2) is 0 Å². The van der Waals surface area contributed by atoms with Crippen molar-refractivity contribution >= 4 is 6.03 Å². The van der Waals surface area contributed by atoms with Crippen LogP contribution in [0.5, 0.6) is 0 Å². The van der Waals surface area contributed by atoms with E-state index in [2.05, 4.69) is 36.3 Å². The first kappa shape index (κ1) is 18.2. The molecule has 5 nitrogen and oxygen atoms in total. The summed E-state index contributed by atoms with van der Waals surface area (Å²) in [6.45, 7) is 10.6. The summed E-state index contributed by atoms with van der Waals surface area (Å²) in [6, 6.07) is -0.0833. The van der Waals surface area contributed by atoms with Crippen molar-refractivity contribution in [1.29, 1.82) is 0 Å². The number of hydrogen-bond acceptors (Lipinski definition) is 3. The summed E-state index contributed by atoms with van der Waals surface area (Å²) in [5.41, 5.74) is 0. The Morgan fingerprint density at radius 3 is 2.43 bits per heavy atom. The zero-order valence-corrected chi connectivity index (χ0v) is 13.9. The molecule has 0 radical (unpaired) electrons. The predicted molar refractivity (Wildman–Crippen MR) is 86.3 cm³/mol. The first-order chi connectivity index (χ1) is 10.0. The molecule has 1 aliphatic heterocycles. The Hall–Kier alpha value is -0.810. The van der Waals surface area contributed by atoms with E-state index < -0.39 is 0 Å². The largest absolute Gasteiger partial charge is 0.396 e. The topological polar surface area (TPSA) is 64.6 Å². The van der Waals surface area contributed by atoms with Gasteiger partial charge >= 0.3 is 6.03 Å². The Kier molecular flexibility index (Phi) is 8.69. The van der Waals surface area contributed by atoms with E-state index in [0.29, 0.717) is 24.8 Å². The van der Waals surface area contributed by atoms with Gasteiger partial charge in [-0.3, -0.25) is 0 Å². The molecule has 124 valence electrons. The van der Waals surface area contributed by atoms with Gasteiger partial charge in [0.05, 0.1) is 0 Å². The third kappa shape index (κ3) is 7.67. The minimum absolute atomic E-state index is 0.0346. The molecule has 0 aromatic rings. The number of nitrogens with zero attached hydrogens (tertiary/aromatic N) is 1. The molecule has 21 heavy (non-hydrogen) atoms. The molecule has 0 saturated carbocycles. The van der Waals surface area contributed by atoms with Crippen LogP contribution in [0.4, 0.5) is 4.79 Å². The maximum atomic E-state index is 11.9. The minimum Gasteiger partial charge on any atom is -0.396 e. The fraction of sp³-hybridized carbons (Fsp3) is 0.938. The van der Waals surface area contributed by atoms with E-state index in [9.17, 15) is 4.79 Å². The van der Waals surface area contributed by atoms with E-state index in [-0.39, 0.29) is 18.7 Å². The lowest BCUT2D eigenvalue weighted by atomic mass is 10.0. The Bertz CT molecular complexity index is 291. The molecule has 0 aromatic heterocycles. The third-order valence-corrected chi connectivity index (χ3v) is 4.19. The van der Waals surface area contributed by atoms with Crippen LogP contribution >= 0.6 is 0 Å². The second-order valence-corrected chi connectivity index (χ2v) is 6.68. The molecule has 1 heterocycles. The number of aliphatic hydroxyl groups is 1. The van der Waals surface area contributed by atoms with E-state index in [0.717, 1.165) is 6.54 Å². The molecule has 1 rings (SSSR count). The van der Waals surface area contributed by atoms with Crippen molar-refractivity contribution in [1.82, 2.24) is 15.5 Å². The maximum absolute atomic E-state index is 11.9. The van der Waals surface area contributed by atoms with Crippen molar-refractivity contribution in [3.63, 3.8) is 0 Å². The van der Waals surface area contributed by atoms with Gasteiger partial charge in [-0.2, -0.15) is 0 Å². The lowest BCUT2D eigenvalue weighted by Gasteiger charge is -2.29. The molecule has 2 atom stereocenters.